The molecule has 0 aromatic carbocycles. The third kappa shape index (κ3) is 4.59. The lowest BCUT2D eigenvalue weighted by Gasteiger charge is -2.08. The molecule has 0 saturated heterocycles. The Hall–Kier alpha value is -1.83. The van der Waals surface area contributed by atoms with Crippen molar-refractivity contribution in [2.75, 3.05) is 17.6 Å². The Bertz CT molecular complexity index is 569. The Morgan fingerprint density at radius 1 is 1.29 bits per heavy atom. The Labute approximate surface area is 124 Å². The van der Waals surface area contributed by atoms with Crippen LogP contribution < -0.4 is 11.1 Å². The quantitative estimate of drug-likeness (QED) is 0.793. The number of unbranched alkanes of at least 4 members (excludes halogenated alkanes) is 1. The minimum Gasteiger partial charge on any atom is -0.382 e. The van der Waals surface area contributed by atoms with Crippen molar-refractivity contribution in [3.8, 4) is 11.1 Å². The molecule has 0 aliphatic carbocycles. The van der Waals surface area contributed by atoms with E-state index in [-0.39, 0.29) is 6.42 Å². The van der Waals surface area contributed by atoms with Gasteiger partial charge in [0, 0.05) is 30.9 Å². The average molecular weight is 316 g/mol. The molecule has 2 heterocycles. The molecule has 0 fully saturated rings. The fourth-order valence-corrected chi connectivity index (χ4v) is 2.63. The maximum atomic E-state index is 12.0. The summed E-state index contributed by atoms with van der Waals surface area (Å²) in [5.74, 6) is 0.394. The van der Waals surface area contributed by atoms with Crippen LogP contribution in [0.3, 0.4) is 0 Å². The highest BCUT2D eigenvalue weighted by molar-refractivity contribution is 7.11. The zero-order chi connectivity index (χ0) is 15.3. The molecule has 0 bridgehead atoms. The van der Waals surface area contributed by atoms with E-state index in [0.29, 0.717) is 18.8 Å². The summed E-state index contributed by atoms with van der Waals surface area (Å²) in [6, 6.07) is 3.65. The minimum atomic E-state index is -4.09. The van der Waals surface area contributed by atoms with Gasteiger partial charge in [0.15, 0.2) is 0 Å². The van der Waals surface area contributed by atoms with Crippen molar-refractivity contribution in [3.63, 3.8) is 0 Å². The van der Waals surface area contributed by atoms with Crippen molar-refractivity contribution in [3.05, 3.63) is 24.5 Å². The highest BCUT2D eigenvalue weighted by Gasteiger charge is 2.25. The first-order chi connectivity index (χ1) is 9.97. The summed E-state index contributed by atoms with van der Waals surface area (Å²) in [7, 11) is 0. The summed E-state index contributed by atoms with van der Waals surface area (Å²) in [4.78, 5) is 4.03. The number of nitrogens with two attached hydrogens (primary N) is 1. The smallest absolute Gasteiger partial charge is 0.382 e. The molecule has 0 radical (unpaired) electrons. The fourth-order valence-electron chi connectivity index (χ4n) is 1.87. The molecule has 0 amide bonds. The van der Waals surface area contributed by atoms with E-state index in [1.807, 2.05) is 6.07 Å². The number of alkyl halides is 3. The Morgan fingerprint density at radius 3 is 2.76 bits per heavy atom. The third-order valence-corrected chi connectivity index (χ3v) is 3.66. The van der Waals surface area contributed by atoms with Gasteiger partial charge in [0.1, 0.15) is 10.8 Å². The Kier molecular flexibility index (Phi) is 5.00. The van der Waals surface area contributed by atoms with Crippen molar-refractivity contribution in [2.24, 2.45) is 0 Å². The van der Waals surface area contributed by atoms with E-state index >= 15 is 0 Å². The van der Waals surface area contributed by atoms with E-state index in [4.69, 9.17) is 5.73 Å². The third-order valence-electron chi connectivity index (χ3n) is 2.84. The van der Waals surface area contributed by atoms with E-state index < -0.39 is 12.6 Å². The van der Waals surface area contributed by atoms with Crippen LogP contribution in [0, 0.1) is 0 Å². The molecule has 21 heavy (non-hydrogen) atoms. The molecule has 2 aromatic heterocycles. The summed E-state index contributed by atoms with van der Waals surface area (Å²) in [5, 5.41) is 3.86. The molecule has 114 valence electrons. The summed E-state index contributed by atoms with van der Waals surface area (Å²) in [5.41, 5.74) is 7.43. The highest BCUT2D eigenvalue weighted by atomic mass is 32.1. The molecule has 0 aliphatic heterocycles. The van der Waals surface area contributed by atoms with Crippen LogP contribution in [0.1, 0.15) is 19.3 Å². The number of hydrogen-bond donors (Lipinski definition) is 2. The SMILES string of the molecule is Nc1nsc(NCCCCC(F)(F)F)c1-c1cccnc1. The topological polar surface area (TPSA) is 63.8 Å². The molecule has 0 unspecified atom stereocenters. The molecular formula is C13H15F3N4S. The van der Waals surface area contributed by atoms with Crippen molar-refractivity contribution < 1.29 is 13.2 Å². The van der Waals surface area contributed by atoms with Gasteiger partial charge in [-0.15, -0.1) is 0 Å². The van der Waals surface area contributed by atoms with Gasteiger partial charge < -0.3 is 11.1 Å². The van der Waals surface area contributed by atoms with E-state index in [1.165, 1.54) is 11.5 Å². The first-order valence-electron chi connectivity index (χ1n) is 6.43. The van der Waals surface area contributed by atoms with Crippen LogP contribution in [-0.4, -0.2) is 22.1 Å². The first-order valence-corrected chi connectivity index (χ1v) is 7.21. The minimum absolute atomic E-state index is 0.104. The average Bonchev–Trinajstić information content (AvgIpc) is 2.79. The number of halogens is 3. The number of rotatable bonds is 6. The van der Waals surface area contributed by atoms with E-state index in [2.05, 4.69) is 14.7 Å². The largest absolute Gasteiger partial charge is 0.389 e. The molecule has 2 aromatic rings. The van der Waals surface area contributed by atoms with Crippen molar-refractivity contribution >= 4 is 22.4 Å². The second-order valence-electron chi connectivity index (χ2n) is 4.51. The molecule has 3 N–H and O–H groups in total. The van der Waals surface area contributed by atoms with Crippen LogP contribution in [0.25, 0.3) is 11.1 Å². The number of anilines is 2. The summed E-state index contributed by atoms with van der Waals surface area (Å²) < 4.78 is 40.2. The zero-order valence-electron chi connectivity index (χ0n) is 11.2. The van der Waals surface area contributed by atoms with Crippen LogP contribution in [0.2, 0.25) is 0 Å². The highest BCUT2D eigenvalue weighted by Crippen LogP contribution is 2.36. The maximum absolute atomic E-state index is 12.0. The van der Waals surface area contributed by atoms with Crippen LogP contribution in [-0.2, 0) is 0 Å². The summed E-state index contributed by atoms with van der Waals surface area (Å²) in [6.45, 7) is 0.449. The Morgan fingerprint density at radius 2 is 2.10 bits per heavy atom. The molecule has 2 rings (SSSR count). The van der Waals surface area contributed by atoms with Crippen LogP contribution in [0.15, 0.2) is 24.5 Å². The molecular weight excluding hydrogens is 301 g/mol. The first kappa shape index (κ1) is 15.6. The molecule has 4 nitrogen and oxygen atoms in total. The van der Waals surface area contributed by atoms with Gasteiger partial charge in [0.25, 0.3) is 0 Å². The van der Waals surface area contributed by atoms with Gasteiger partial charge in [-0.25, -0.2) is 0 Å². The number of aromatic nitrogens is 2. The van der Waals surface area contributed by atoms with E-state index in [9.17, 15) is 13.2 Å². The predicted molar refractivity (Wildman–Crippen MR) is 78.2 cm³/mol. The van der Waals surface area contributed by atoms with Crippen molar-refractivity contribution in [1.29, 1.82) is 0 Å². The second-order valence-corrected chi connectivity index (χ2v) is 5.29. The lowest BCUT2D eigenvalue weighted by Crippen LogP contribution is -2.08. The lowest BCUT2D eigenvalue weighted by molar-refractivity contribution is -0.135. The van der Waals surface area contributed by atoms with Crippen LogP contribution >= 0.6 is 11.5 Å². The van der Waals surface area contributed by atoms with Gasteiger partial charge in [0.2, 0.25) is 0 Å². The normalized spacial score (nSPS) is 11.6. The second kappa shape index (κ2) is 6.75. The van der Waals surface area contributed by atoms with Gasteiger partial charge in [-0.1, -0.05) is 6.07 Å². The zero-order valence-corrected chi connectivity index (χ0v) is 12.0. The van der Waals surface area contributed by atoms with E-state index in [1.54, 1.807) is 18.5 Å². The molecule has 0 spiro atoms. The molecule has 0 saturated carbocycles. The number of nitrogens with one attached hydrogen (secondary N) is 1. The van der Waals surface area contributed by atoms with Gasteiger partial charge in [-0.2, -0.15) is 17.5 Å². The maximum Gasteiger partial charge on any atom is 0.389 e. The van der Waals surface area contributed by atoms with Gasteiger partial charge in [0.05, 0.1) is 5.56 Å². The number of pyridine rings is 1. The lowest BCUT2D eigenvalue weighted by atomic mass is 10.1. The number of hydrogen-bond acceptors (Lipinski definition) is 5. The summed E-state index contributed by atoms with van der Waals surface area (Å²) >= 11 is 1.20. The standard InChI is InChI=1S/C13H15F3N4S/c14-13(15,16)5-1-2-7-19-12-10(11(17)20-21-12)9-4-3-6-18-8-9/h3-4,6,8,19H,1-2,5,7H2,(H2,17,20). The van der Waals surface area contributed by atoms with Gasteiger partial charge in [-0.05, 0) is 30.4 Å². The van der Waals surface area contributed by atoms with Crippen molar-refractivity contribution in [1.82, 2.24) is 9.36 Å². The van der Waals surface area contributed by atoms with Gasteiger partial charge >= 0.3 is 6.18 Å². The van der Waals surface area contributed by atoms with Gasteiger partial charge in [-0.3, -0.25) is 4.98 Å². The predicted octanol–water partition coefficient (Wildman–Crippen LogP) is 3.93. The number of nitrogens with zero attached hydrogens (tertiary/aromatic N) is 2. The molecule has 0 aliphatic rings. The van der Waals surface area contributed by atoms with E-state index in [0.717, 1.165) is 16.1 Å². The Balaban J connectivity index is 1.93. The van der Waals surface area contributed by atoms with Crippen LogP contribution in [0.4, 0.5) is 24.0 Å². The molecule has 0 atom stereocenters. The molecule has 8 heteroatoms. The van der Waals surface area contributed by atoms with Crippen LogP contribution in [0.5, 0.6) is 0 Å². The number of nitrogen functional groups attached to an aromatic ring is 1. The van der Waals surface area contributed by atoms with Crippen molar-refractivity contribution in [2.45, 2.75) is 25.4 Å². The summed E-state index contributed by atoms with van der Waals surface area (Å²) in [6.07, 6.45) is -0.972. The monoisotopic (exact) mass is 316 g/mol. The fraction of sp³-hybridized carbons (Fsp3) is 0.385.